The standard InChI is InChI=1S/C17H21FN2O/c1-17(2,3)20-10-13-4-6-16(7-5-13)21-12-14-8-15(18)11-19-9-14/h4-9,11,20H,10,12H2,1-3H3. The molecule has 4 heteroatoms. The second-order valence-electron chi connectivity index (χ2n) is 6.05. The van der Waals surface area contributed by atoms with Crippen molar-refractivity contribution in [2.45, 2.75) is 39.5 Å². The Labute approximate surface area is 125 Å². The normalized spacial score (nSPS) is 11.4. The molecule has 1 aromatic carbocycles. The Bertz CT molecular complexity index is 576. The molecule has 3 nitrogen and oxygen atoms in total. The van der Waals surface area contributed by atoms with E-state index in [1.165, 1.54) is 17.8 Å². The molecule has 0 amide bonds. The third kappa shape index (κ3) is 5.52. The quantitative estimate of drug-likeness (QED) is 0.911. The highest BCUT2D eigenvalue weighted by Crippen LogP contribution is 2.15. The maximum atomic E-state index is 13.0. The summed E-state index contributed by atoms with van der Waals surface area (Å²) in [6.07, 6.45) is 2.78. The first-order chi connectivity index (χ1) is 9.92. The Morgan fingerprint density at radius 1 is 1.10 bits per heavy atom. The first-order valence-electron chi connectivity index (χ1n) is 6.98. The Hall–Kier alpha value is -1.94. The van der Waals surface area contributed by atoms with Gasteiger partial charge in [0.2, 0.25) is 0 Å². The van der Waals surface area contributed by atoms with E-state index in [0.717, 1.165) is 12.3 Å². The van der Waals surface area contributed by atoms with Crippen molar-refractivity contribution in [1.82, 2.24) is 10.3 Å². The fraction of sp³-hybridized carbons (Fsp3) is 0.353. The van der Waals surface area contributed by atoms with Gasteiger partial charge in [-0.15, -0.1) is 0 Å². The lowest BCUT2D eigenvalue weighted by atomic mass is 10.1. The topological polar surface area (TPSA) is 34.1 Å². The first kappa shape index (κ1) is 15.4. The number of pyridine rings is 1. The summed E-state index contributed by atoms with van der Waals surface area (Å²) in [5.74, 6) is 0.415. The van der Waals surface area contributed by atoms with Crippen molar-refractivity contribution in [3.63, 3.8) is 0 Å². The van der Waals surface area contributed by atoms with E-state index in [1.807, 2.05) is 24.3 Å². The molecule has 112 valence electrons. The number of halogens is 1. The van der Waals surface area contributed by atoms with Crippen molar-refractivity contribution >= 4 is 0 Å². The van der Waals surface area contributed by atoms with E-state index >= 15 is 0 Å². The van der Waals surface area contributed by atoms with Crippen molar-refractivity contribution in [2.24, 2.45) is 0 Å². The molecule has 0 unspecified atom stereocenters. The fourth-order valence-corrected chi connectivity index (χ4v) is 1.77. The van der Waals surface area contributed by atoms with Crippen LogP contribution in [0, 0.1) is 5.82 Å². The molecule has 0 aliphatic heterocycles. The minimum Gasteiger partial charge on any atom is -0.489 e. The molecule has 0 aliphatic carbocycles. The number of nitrogens with one attached hydrogen (secondary N) is 1. The third-order valence-electron chi connectivity index (χ3n) is 2.91. The van der Waals surface area contributed by atoms with Crippen LogP contribution in [0.5, 0.6) is 5.75 Å². The number of rotatable bonds is 5. The van der Waals surface area contributed by atoms with E-state index in [0.29, 0.717) is 12.2 Å². The summed E-state index contributed by atoms with van der Waals surface area (Å²) >= 11 is 0. The predicted octanol–water partition coefficient (Wildman–Crippen LogP) is 3.69. The van der Waals surface area contributed by atoms with E-state index in [2.05, 4.69) is 31.1 Å². The van der Waals surface area contributed by atoms with Crippen LogP contribution in [-0.2, 0) is 13.2 Å². The van der Waals surface area contributed by atoms with Crippen LogP contribution in [0.25, 0.3) is 0 Å². The lowest BCUT2D eigenvalue weighted by Crippen LogP contribution is -2.34. The number of hydrogen-bond acceptors (Lipinski definition) is 3. The van der Waals surface area contributed by atoms with Gasteiger partial charge in [0.05, 0.1) is 6.20 Å². The van der Waals surface area contributed by atoms with Gasteiger partial charge in [0.15, 0.2) is 0 Å². The molecule has 21 heavy (non-hydrogen) atoms. The zero-order valence-electron chi connectivity index (χ0n) is 12.7. The Balaban J connectivity index is 1.87. The van der Waals surface area contributed by atoms with Crippen LogP contribution in [0.3, 0.4) is 0 Å². The Morgan fingerprint density at radius 2 is 1.81 bits per heavy atom. The molecule has 0 saturated carbocycles. The molecule has 0 bridgehead atoms. The summed E-state index contributed by atoms with van der Waals surface area (Å²) in [7, 11) is 0. The van der Waals surface area contributed by atoms with Crippen molar-refractivity contribution in [3.8, 4) is 5.75 Å². The smallest absolute Gasteiger partial charge is 0.141 e. The van der Waals surface area contributed by atoms with Gasteiger partial charge in [-0.1, -0.05) is 12.1 Å². The molecule has 0 atom stereocenters. The molecule has 0 radical (unpaired) electrons. The van der Waals surface area contributed by atoms with Gasteiger partial charge in [-0.2, -0.15) is 0 Å². The molecular formula is C17H21FN2O. The van der Waals surface area contributed by atoms with Crippen LogP contribution < -0.4 is 10.1 Å². The van der Waals surface area contributed by atoms with Gasteiger partial charge in [-0.05, 0) is 44.5 Å². The monoisotopic (exact) mass is 288 g/mol. The fourth-order valence-electron chi connectivity index (χ4n) is 1.77. The molecule has 1 aromatic heterocycles. The van der Waals surface area contributed by atoms with Gasteiger partial charge < -0.3 is 10.1 Å². The summed E-state index contributed by atoms with van der Waals surface area (Å²) in [6, 6.07) is 9.32. The van der Waals surface area contributed by atoms with E-state index in [9.17, 15) is 4.39 Å². The van der Waals surface area contributed by atoms with Crippen LogP contribution in [-0.4, -0.2) is 10.5 Å². The van der Waals surface area contributed by atoms with Crippen LogP contribution in [0.2, 0.25) is 0 Å². The van der Waals surface area contributed by atoms with E-state index < -0.39 is 0 Å². The van der Waals surface area contributed by atoms with Gasteiger partial charge in [-0.25, -0.2) is 4.39 Å². The average Bonchev–Trinajstić information content (AvgIpc) is 2.43. The van der Waals surface area contributed by atoms with Crippen LogP contribution >= 0.6 is 0 Å². The Morgan fingerprint density at radius 3 is 2.43 bits per heavy atom. The zero-order chi connectivity index (χ0) is 15.3. The SMILES string of the molecule is CC(C)(C)NCc1ccc(OCc2cncc(F)c2)cc1. The number of nitrogens with zero attached hydrogens (tertiary/aromatic N) is 1. The van der Waals surface area contributed by atoms with Crippen LogP contribution in [0.1, 0.15) is 31.9 Å². The highest BCUT2D eigenvalue weighted by Gasteiger charge is 2.08. The number of hydrogen-bond donors (Lipinski definition) is 1. The number of ether oxygens (including phenoxy) is 1. The highest BCUT2D eigenvalue weighted by molar-refractivity contribution is 5.27. The average molecular weight is 288 g/mol. The van der Waals surface area contributed by atoms with E-state index in [1.54, 1.807) is 6.20 Å². The summed E-state index contributed by atoms with van der Waals surface area (Å²) in [4.78, 5) is 3.79. The van der Waals surface area contributed by atoms with Gasteiger partial charge in [-0.3, -0.25) is 4.98 Å². The molecule has 0 spiro atoms. The van der Waals surface area contributed by atoms with Crippen LogP contribution in [0.15, 0.2) is 42.7 Å². The van der Waals surface area contributed by atoms with Gasteiger partial charge >= 0.3 is 0 Å². The zero-order valence-corrected chi connectivity index (χ0v) is 12.7. The number of benzene rings is 1. The molecule has 0 saturated heterocycles. The molecule has 1 heterocycles. The molecule has 1 N–H and O–H groups in total. The van der Waals surface area contributed by atoms with Crippen LogP contribution in [0.4, 0.5) is 4.39 Å². The van der Waals surface area contributed by atoms with Crippen molar-refractivity contribution < 1.29 is 9.13 Å². The second-order valence-corrected chi connectivity index (χ2v) is 6.05. The van der Waals surface area contributed by atoms with Crippen molar-refractivity contribution in [1.29, 1.82) is 0 Å². The van der Waals surface area contributed by atoms with Crippen molar-refractivity contribution in [2.75, 3.05) is 0 Å². The minimum absolute atomic E-state index is 0.0968. The summed E-state index contributed by atoms with van der Waals surface area (Å²) in [5.41, 5.74) is 2.01. The maximum absolute atomic E-state index is 13.0. The first-order valence-corrected chi connectivity index (χ1v) is 6.98. The minimum atomic E-state index is -0.347. The second kappa shape index (κ2) is 6.68. The van der Waals surface area contributed by atoms with Gasteiger partial charge in [0, 0.05) is 23.8 Å². The third-order valence-corrected chi connectivity index (χ3v) is 2.91. The highest BCUT2D eigenvalue weighted by atomic mass is 19.1. The molecule has 0 aliphatic rings. The molecular weight excluding hydrogens is 267 g/mol. The summed E-state index contributed by atoms with van der Waals surface area (Å²) < 4.78 is 18.6. The lowest BCUT2D eigenvalue weighted by Gasteiger charge is -2.20. The summed E-state index contributed by atoms with van der Waals surface area (Å²) in [5, 5.41) is 3.43. The molecule has 0 fully saturated rings. The maximum Gasteiger partial charge on any atom is 0.141 e. The van der Waals surface area contributed by atoms with Gasteiger partial charge in [0.1, 0.15) is 18.2 Å². The molecule has 2 rings (SSSR count). The lowest BCUT2D eigenvalue weighted by molar-refractivity contribution is 0.305. The van der Waals surface area contributed by atoms with Gasteiger partial charge in [0.25, 0.3) is 0 Å². The molecule has 2 aromatic rings. The van der Waals surface area contributed by atoms with Crippen molar-refractivity contribution in [3.05, 3.63) is 59.7 Å². The van der Waals surface area contributed by atoms with E-state index in [-0.39, 0.29) is 11.4 Å². The van der Waals surface area contributed by atoms with E-state index in [4.69, 9.17) is 4.74 Å². The number of aromatic nitrogens is 1. The largest absolute Gasteiger partial charge is 0.489 e. The Kier molecular flexibility index (Phi) is 4.91. The predicted molar refractivity (Wildman–Crippen MR) is 81.6 cm³/mol. The summed E-state index contributed by atoms with van der Waals surface area (Å²) in [6.45, 7) is 7.54.